The molecule has 0 saturated carbocycles. The van der Waals surface area contributed by atoms with Crippen LogP contribution in [0.1, 0.15) is 31.0 Å². The van der Waals surface area contributed by atoms with E-state index in [1.807, 2.05) is 19.1 Å². The first-order valence-electron chi connectivity index (χ1n) is 5.52. The molecule has 0 aromatic heterocycles. The van der Waals surface area contributed by atoms with Crippen molar-refractivity contribution < 1.29 is 0 Å². The second kappa shape index (κ2) is 6.12. The summed E-state index contributed by atoms with van der Waals surface area (Å²) in [5, 5.41) is 3.24. The third kappa shape index (κ3) is 3.24. The first kappa shape index (κ1) is 12.5. The van der Waals surface area contributed by atoms with Gasteiger partial charge in [0.2, 0.25) is 5.96 Å². The number of nitrogens with one attached hydrogen (secondary N) is 2. The molecule has 0 radical (unpaired) electrons. The Labute approximate surface area is 96.9 Å². The summed E-state index contributed by atoms with van der Waals surface area (Å²) in [6, 6.07) is 8.45. The van der Waals surface area contributed by atoms with Crippen LogP contribution in [0.2, 0.25) is 0 Å². The molecule has 0 bridgehead atoms. The molecule has 1 aromatic rings. The molecule has 0 aliphatic rings. The number of hydrogen-bond acceptors (Lipinski definition) is 2. The summed E-state index contributed by atoms with van der Waals surface area (Å²) >= 11 is 0. The van der Waals surface area contributed by atoms with Crippen LogP contribution in [0.3, 0.4) is 0 Å². The summed E-state index contributed by atoms with van der Waals surface area (Å²) < 4.78 is 0. The van der Waals surface area contributed by atoms with Crippen molar-refractivity contribution in [2.24, 2.45) is 10.8 Å². The summed E-state index contributed by atoms with van der Waals surface area (Å²) in [6.07, 6.45) is 0. The van der Waals surface area contributed by atoms with Crippen molar-refractivity contribution in [3.63, 3.8) is 0 Å². The molecule has 16 heavy (non-hydrogen) atoms. The van der Waals surface area contributed by atoms with Gasteiger partial charge in [-0.15, -0.1) is 0 Å². The second-order valence-electron chi connectivity index (χ2n) is 3.69. The summed E-state index contributed by atoms with van der Waals surface area (Å²) in [6.45, 7) is 6.86. The van der Waals surface area contributed by atoms with E-state index < -0.39 is 0 Å². The van der Waals surface area contributed by atoms with Crippen molar-refractivity contribution in [1.29, 1.82) is 0 Å². The van der Waals surface area contributed by atoms with Gasteiger partial charge in [-0.3, -0.25) is 10.4 Å². The molecule has 88 valence electrons. The van der Waals surface area contributed by atoms with Gasteiger partial charge in [-0.1, -0.05) is 24.3 Å². The first-order chi connectivity index (χ1) is 7.69. The van der Waals surface area contributed by atoms with Crippen LogP contribution in [0.25, 0.3) is 0 Å². The molecule has 1 aromatic carbocycles. The normalized spacial score (nSPS) is 13.4. The molecule has 1 atom stereocenters. The number of aliphatic imine (C=N–C) groups is 1. The number of hydrazine groups is 1. The van der Waals surface area contributed by atoms with Crippen LogP contribution < -0.4 is 16.6 Å². The number of hydrogen-bond donors (Lipinski definition) is 3. The fourth-order valence-corrected chi connectivity index (χ4v) is 1.65. The molecule has 0 aliphatic carbocycles. The van der Waals surface area contributed by atoms with Crippen molar-refractivity contribution in [2.75, 3.05) is 6.54 Å². The minimum absolute atomic E-state index is 0.183. The molecule has 4 N–H and O–H groups in total. The Morgan fingerprint density at radius 1 is 1.44 bits per heavy atom. The average molecular weight is 220 g/mol. The number of rotatable bonds is 3. The summed E-state index contributed by atoms with van der Waals surface area (Å²) in [7, 11) is 0. The molecular formula is C12H20N4. The SMILES string of the molecule is CCN=C(NN)NC(C)c1ccccc1C. The van der Waals surface area contributed by atoms with E-state index in [9.17, 15) is 0 Å². The molecule has 0 amide bonds. The largest absolute Gasteiger partial charge is 0.349 e. The van der Waals surface area contributed by atoms with Crippen molar-refractivity contribution in [3.8, 4) is 0 Å². The standard InChI is InChI=1S/C12H20N4/c1-4-14-12(16-13)15-10(3)11-8-6-5-7-9(11)2/h5-8,10H,4,13H2,1-3H3,(H2,14,15,16). The zero-order valence-corrected chi connectivity index (χ0v) is 10.1. The van der Waals surface area contributed by atoms with Gasteiger partial charge in [0.25, 0.3) is 0 Å². The highest BCUT2D eigenvalue weighted by Crippen LogP contribution is 2.16. The van der Waals surface area contributed by atoms with E-state index in [1.54, 1.807) is 0 Å². The van der Waals surface area contributed by atoms with Crippen LogP contribution in [-0.4, -0.2) is 12.5 Å². The average Bonchev–Trinajstić information content (AvgIpc) is 2.28. The molecule has 1 rings (SSSR count). The smallest absolute Gasteiger partial charge is 0.206 e. The lowest BCUT2D eigenvalue weighted by Crippen LogP contribution is -2.42. The minimum Gasteiger partial charge on any atom is -0.349 e. The molecule has 0 spiro atoms. The maximum absolute atomic E-state index is 5.38. The van der Waals surface area contributed by atoms with Crippen LogP contribution >= 0.6 is 0 Å². The third-order valence-electron chi connectivity index (χ3n) is 2.46. The van der Waals surface area contributed by atoms with Crippen LogP contribution in [0.5, 0.6) is 0 Å². The Balaban J connectivity index is 2.75. The highest BCUT2D eigenvalue weighted by molar-refractivity contribution is 5.79. The van der Waals surface area contributed by atoms with E-state index in [0.29, 0.717) is 12.5 Å². The van der Waals surface area contributed by atoms with Gasteiger partial charge in [-0.25, -0.2) is 5.84 Å². The molecule has 0 heterocycles. The quantitative estimate of drug-likeness (QED) is 0.313. The van der Waals surface area contributed by atoms with Crippen molar-refractivity contribution >= 4 is 5.96 Å². The molecule has 4 heteroatoms. The highest BCUT2D eigenvalue weighted by atomic mass is 15.3. The Morgan fingerprint density at radius 2 is 2.12 bits per heavy atom. The Kier molecular flexibility index (Phi) is 4.79. The van der Waals surface area contributed by atoms with Gasteiger partial charge in [0, 0.05) is 6.54 Å². The van der Waals surface area contributed by atoms with Gasteiger partial charge < -0.3 is 5.32 Å². The zero-order chi connectivity index (χ0) is 12.0. The molecule has 4 nitrogen and oxygen atoms in total. The predicted octanol–water partition coefficient (Wildman–Crippen LogP) is 1.48. The van der Waals surface area contributed by atoms with Gasteiger partial charge in [0.05, 0.1) is 6.04 Å². The maximum Gasteiger partial charge on any atom is 0.206 e. The highest BCUT2D eigenvalue weighted by Gasteiger charge is 2.08. The first-order valence-corrected chi connectivity index (χ1v) is 5.52. The lowest BCUT2D eigenvalue weighted by molar-refractivity contribution is 0.685. The van der Waals surface area contributed by atoms with Gasteiger partial charge in [-0.2, -0.15) is 0 Å². The lowest BCUT2D eigenvalue weighted by atomic mass is 10.0. The van der Waals surface area contributed by atoms with Gasteiger partial charge in [0.1, 0.15) is 0 Å². The van der Waals surface area contributed by atoms with Gasteiger partial charge in [0.15, 0.2) is 0 Å². The number of aryl methyl sites for hydroxylation is 1. The topological polar surface area (TPSA) is 62.4 Å². The molecule has 1 unspecified atom stereocenters. The zero-order valence-electron chi connectivity index (χ0n) is 10.1. The molecule has 0 saturated heterocycles. The monoisotopic (exact) mass is 220 g/mol. The van der Waals surface area contributed by atoms with Crippen LogP contribution in [0, 0.1) is 6.92 Å². The van der Waals surface area contributed by atoms with Crippen molar-refractivity contribution in [3.05, 3.63) is 35.4 Å². The van der Waals surface area contributed by atoms with Gasteiger partial charge in [-0.05, 0) is 31.9 Å². The number of nitrogens with two attached hydrogens (primary N) is 1. The van der Waals surface area contributed by atoms with E-state index in [0.717, 1.165) is 0 Å². The fourth-order valence-electron chi connectivity index (χ4n) is 1.65. The van der Waals surface area contributed by atoms with E-state index >= 15 is 0 Å². The Bertz CT molecular complexity index is 360. The third-order valence-corrected chi connectivity index (χ3v) is 2.46. The summed E-state index contributed by atoms with van der Waals surface area (Å²) in [5.41, 5.74) is 5.07. The van der Waals surface area contributed by atoms with Crippen molar-refractivity contribution in [1.82, 2.24) is 10.7 Å². The molecular weight excluding hydrogens is 200 g/mol. The van der Waals surface area contributed by atoms with E-state index in [1.165, 1.54) is 11.1 Å². The molecule has 0 fully saturated rings. The predicted molar refractivity (Wildman–Crippen MR) is 68.0 cm³/mol. The van der Waals surface area contributed by atoms with E-state index in [-0.39, 0.29) is 6.04 Å². The minimum atomic E-state index is 0.183. The van der Waals surface area contributed by atoms with E-state index in [2.05, 4.69) is 41.7 Å². The Hall–Kier alpha value is -1.55. The number of guanidine groups is 1. The van der Waals surface area contributed by atoms with Crippen molar-refractivity contribution in [2.45, 2.75) is 26.8 Å². The number of nitrogens with zero attached hydrogens (tertiary/aromatic N) is 1. The van der Waals surface area contributed by atoms with Crippen LogP contribution in [0.4, 0.5) is 0 Å². The maximum atomic E-state index is 5.38. The lowest BCUT2D eigenvalue weighted by Gasteiger charge is -2.18. The fraction of sp³-hybridized carbons (Fsp3) is 0.417. The summed E-state index contributed by atoms with van der Waals surface area (Å²) in [4.78, 5) is 4.21. The Morgan fingerprint density at radius 3 is 2.69 bits per heavy atom. The summed E-state index contributed by atoms with van der Waals surface area (Å²) in [5.74, 6) is 6.00. The molecule has 0 aliphatic heterocycles. The van der Waals surface area contributed by atoms with Crippen LogP contribution in [0.15, 0.2) is 29.3 Å². The van der Waals surface area contributed by atoms with Crippen LogP contribution in [-0.2, 0) is 0 Å². The van der Waals surface area contributed by atoms with Gasteiger partial charge >= 0.3 is 0 Å². The van der Waals surface area contributed by atoms with E-state index in [4.69, 9.17) is 5.84 Å². The second-order valence-corrected chi connectivity index (χ2v) is 3.69. The number of benzene rings is 1.